The Balaban J connectivity index is 2.05. The molecule has 1 N–H and O–H groups in total. The number of sulfonamides is 1. The van der Waals surface area contributed by atoms with Crippen molar-refractivity contribution in [2.24, 2.45) is 0 Å². The van der Waals surface area contributed by atoms with Gasteiger partial charge < -0.3 is 10.2 Å². The predicted molar refractivity (Wildman–Crippen MR) is 137 cm³/mol. The summed E-state index contributed by atoms with van der Waals surface area (Å²) in [5, 5.41) is 2.57. The lowest BCUT2D eigenvalue weighted by Gasteiger charge is -2.33. The van der Waals surface area contributed by atoms with E-state index in [4.69, 9.17) is 0 Å². The van der Waals surface area contributed by atoms with E-state index in [9.17, 15) is 22.4 Å². The van der Waals surface area contributed by atoms with E-state index in [1.54, 1.807) is 25.1 Å². The van der Waals surface area contributed by atoms with Gasteiger partial charge in [0.15, 0.2) is 0 Å². The van der Waals surface area contributed by atoms with Crippen LogP contribution in [-0.2, 0) is 26.2 Å². The maximum atomic E-state index is 14.8. The highest BCUT2D eigenvalue weighted by molar-refractivity contribution is 7.92. The Kier molecular flexibility index (Phi) is 8.82. The van der Waals surface area contributed by atoms with E-state index in [0.717, 1.165) is 21.5 Å². The quantitative estimate of drug-likeness (QED) is 0.448. The van der Waals surface area contributed by atoms with Crippen LogP contribution >= 0.6 is 0 Å². The van der Waals surface area contributed by atoms with Gasteiger partial charge in [0.1, 0.15) is 18.4 Å². The van der Waals surface area contributed by atoms with Gasteiger partial charge in [-0.2, -0.15) is 0 Å². The molecule has 0 saturated carbocycles. The molecule has 1 atom stereocenters. The van der Waals surface area contributed by atoms with Gasteiger partial charge in [-0.1, -0.05) is 67.1 Å². The molecule has 0 fully saturated rings. The minimum Gasteiger partial charge on any atom is -0.357 e. The van der Waals surface area contributed by atoms with Crippen LogP contribution in [0, 0.1) is 12.7 Å². The van der Waals surface area contributed by atoms with Crippen molar-refractivity contribution in [3.8, 4) is 0 Å². The zero-order valence-corrected chi connectivity index (χ0v) is 21.3. The minimum atomic E-state index is -4.30. The van der Waals surface area contributed by atoms with E-state index in [-0.39, 0.29) is 23.0 Å². The summed E-state index contributed by atoms with van der Waals surface area (Å²) in [6.07, 6.45) is 0.308. The fraction of sp³-hybridized carbons (Fsp3) is 0.259. The molecule has 3 rings (SSSR count). The molecule has 9 heteroatoms. The lowest BCUT2D eigenvalue weighted by atomic mass is 10.1. The molecule has 36 heavy (non-hydrogen) atoms. The molecule has 3 aromatic rings. The van der Waals surface area contributed by atoms with Gasteiger partial charge in [-0.25, -0.2) is 12.8 Å². The highest BCUT2D eigenvalue weighted by Gasteiger charge is 2.34. The second-order valence-corrected chi connectivity index (χ2v) is 10.2. The Morgan fingerprint density at radius 1 is 0.944 bits per heavy atom. The third-order valence-corrected chi connectivity index (χ3v) is 7.61. The molecule has 0 aromatic heterocycles. The standard InChI is InChI=1S/C27H30FN3O4S/c1-4-24(27(33)29-3)30(18-21-16-14-20(2)15-17-21)26(32)19-31(25-13-9-8-12-23(25)28)36(34,35)22-10-6-5-7-11-22/h5-17,24H,4,18-19H2,1-3H3,(H,29,33). The summed E-state index contributed by atoms with van der Waals surface area (Å²) in [5.41, 5.74) is 1.56. The van der Waals surface area contributed by atoms with Crippen molar-refractivity contribution >= 4 is 27.5 Å². The average molecular weight is 512 g/mol. The SMILES string of the molecule is CCC(C(=O)NC)N(Cc1ccc(C)cc1)C(=O)CN(c1ccccc1F)S(=O)(=O)c1ccccc1. The molecule has 0 heterocycles. The molecular weight excluding hydrogens is 481 g/mol. The molecular formula is C27H30FN3O4S. The number of amides is 2. The normalized spacial score (nSPS) is 12.0. The van der Waals surface area contributed by atoms with Crippen molar-refractivity contribution in [3.05, 3.63) is 95.8 Å². The first kappa shape index (κ1) is 26.9. The van der Waals surface area contributed by atoms with Crippen LogP contribution < -0.4 is 9.62 Å². The summed E-state index contributed by atoms with van der Waals surface area (Å²) < 4.78 is 42.8. The highest BCUT2D eigenvalue weighted by atomic mass is 32.2. The summed E-state index contributed by atoms with van der Waals surface area (Å²) in [5.74, 6) is -1.79. The van der Waals surface area contributed by atoms with Crippen LogP contribution in [0.4, 0.5) is 10.1 Å². The van der Waals surface area contributed by atoms with Crippen molar-refractivity contribution in [1.29, 1.82) is 0 Å². The summed E-state index contributed by atoms with van der Waals surface area (Å²) >= 11 is 0. The first-order chi connectivity index (χ1) is 17.2. The van der Waals surface area contributed by atoms with E-state index >= 15 is 0 Å². The van der Waals surface area contributed by atoms with Gasteiger partial charge in [-0.15, -0.1) is 0 Å². The van der Waals surface area contributed by atoms with Gasteiger partial charge in [-0.3, -0.25) is 13.9 Å². The molecule has 2 amide bonds. The molecule has 0 spiro atoms. The van der Waals surface area contributed by atoms with Gasteiger partial charge in [0.05, 0.1) is 10.6 Å². The van der Waals surface area contributed by atoms with E-state index in [0.29, 0.717) is 6.42 Å². The number of nitrogens with zero attached hydrogens (tertiary/aromatic N) is 2. The van der Waals surface area contributed by atoms with Crippen LogP contribution in [0.15, 0.2) is 83.8 Å². The zero-order chi connectivity index (χ0) is 26.3. The number of likely N-dealkylation sites (N-methyl/N-ethyl adjacent to an activating group) is 1. The Hall–Kier alpha value is -3.72. The van der Waals surface area contributed by atoms with Crippen LogP contribution in [0.25, 0.3) is 0 Å². The van der Waals surface area contributed by atoms with E-state index in [1.165, 1.54) is 42.3 Å². The largest absolute Gasteiger partial charge is 0.357 e. The van der Waals surface area contributed by atoms with E-state index in [2.05, 4.69) is 5.32 Å². The molecule has 3 aromatic carbocycles. The van der Waals surface area contributed by atoms with Gasteiger partial charge >= 0.3 is 0 Å². The fourth-order valence-electron chi connectivity index (χ4n) is 3.86. The van der Waals surface area contributed by atoms with Crippen molar-refractivity contribution in [1.82, 2.24) is 10.2 Å². The number of hydrogen-bond acceptors (Lipinski definition) is 4. The van der Waals surface area contributed by atoms with Gasteiger partial charge in [0.2, 0.25) is 11.8 Å². The van der Waals surface area contributed by atoms with Crippen LogP contribution in [-0.4, -0.2) is 44.8 Å². The molecule has 0 aliphatic rings. The van der Waals surface area contributed by atoms with Gasteiger partial charge in [-0.05, 0) is 43.2 Å². The first-order valence-electron chi connectivity index (χ1n) is 11.6. The maximum absolute atomic E-state index is 14.8. The summed E-state index contributed by atoms with van der Waals surface area (Å²) in [6.45, 7) is 3.11. The fourth-order valence-corrected chi connectivity index (χ4v) is 5.31. The summed E-state index contributed by atoms with van der Waals surface area (Å²) in [4.78, 5) is 27.7. The van der Waals surface area contributed by atoms with Crippen molar-refractivity contribution < 1.29 is 22.4 Å². The third-order valence-electron chi connectivity index (χ3n) is 5.84. The number of halogens is 1. The van der Waals surface area contributed by atoms with E-state index < -0.39 is 34.3 Å². The molecule has 0 bridgehead atoms. The number of nitrogens with one attached hydrogen (secondary N) is 1. The number of benzene rings is 3. The van der Waals surface area contributed by atoms with Gasteiger partial charge in [0.25, 0.3) is 10.0 Å². The smallest absolute Gasteiger partial charge is 0.264 e. The summed E-state index contributed by atoms with van der Waals surface area (Å²) in [7, 11) is -2.82. The number of carbonyl (C=O) groups is 2. The highest BCUT2D eigenvalue weighted by Crippen LogP contribution is 2.27. The number of aryl methyl sites for hydroxylation is 1. The monoisotopic (exact) mass is 511 g/mol. The van der Waals surface area contributed by atoms with Crippen LogP contribution in [0.5, 0.6) is 0 Å². The minimum absolute atomic E-state index is 0.0792. The number of para-hydroxylation sites is 1. The maximum Gasteiger partial charge on any atom is 0.264 e. The van der Waals surface area contributed by atoms with Crippen molar-refractivity contribution in [2.75, 3.05) is 17.9 Å². The number of carbonyl (C=O) groups excluding carboxylic acids is 2. The summed E-state index contributed by atoms with van der Waals surface area (Å²) in [6, 6.07) is 19.6. The van der Waals surface area contributed by atoms with Crippen molar-refractivity contribution in [3.63, 3.8) is 0 Å². The average Bonchev–Trinajstić information content (AvgIpc) is 2.89. The van der Waals surface area contributed by atoms with Crippen LogP contribution in [0.1, 0.15) is 24.5 Å². The number of anilines is 1. The zero-order valence-electron chi connectivity index (χ0n) is 20.5. The molecule has 0 radical (unpaired) electrons. The Morgan fingerprint density at radius 3 is 2.14 bits per heavy atom. The Labute approximate surface area is 211 Å². The molecule has 0 saturated heterocycles. The molecule has 0 aliphatic heterocycles. The second-order valence-electron chi connectivity index (χ2n) is 8.32. The second kappa shape index (κ2) is 11.8. The van der Waals surface area contributed by atoms with Crippen LogP contribution in [0.3, 0.4) is 0 Å². The topological polar surface area (TPSA) is 86.8 Å². The molecule has 1 unspecified atom stereocenters. The van der Waals surface area contributed by atoms with Gasteiger partial charge in [0, 0.05) is 13.6 Å². The Bertz CT molecular complexity index is 1300. The number of hydrogen-bond donors (Lipinski definition) is 1. The first-order valence-corrected chi connectivity index (χ1v) is 13.0. The predicted octanol–water partition coefficient (Wildman–Crippen LogP) is 3.88. The lowest BCUT2D eigenvalue weighted by molar-refractivity contribution is -0.140. The number of rotatable bonds is 10. The Morgan fingerprint density at radius 2 is 1.56 bits per heavy atom. The van der Waals surface area contributed by atoms with E-state index in [1.807, 2.05) is 31.2 Å². The molecule has 190 valence electrons. The molecule has 7 nitrogen and oxygen atoms in total. The lowest BCUT2D eigenvalue weighted by Crippen LogP contribution is -2.51. The third kappa shape index (κ3) is 6.09. The molecule has 0 aliphatic carbocycles. The van der Waals surface area contributed by atoms with Crippen molar-refractivity contribution in [2.45, 2.75) is 37.8 Å². The van der Waals surface area contributed by atoms with Crippen LogP contribution in [0.2, 0.25) is 0 Å².